The number of halogens is 2. The fourth-order valence-corrected chi connectivity index (χ4v) is 1.59. The van der Waals surface area contributed by atoms with Gasteiger partial charge in [-0.15, -0.1) is 0 Å². The molecule has 0 aliphatic rings. The van der Waals surface area contributed by atoms with Crippen molar-refractivity contribution in [1.82, 2.24) is 19.9 Å². The summed E-state index contributed by atoms with van der Waals surface area (Å²) in [6, 6.07) is 3.65. The Morgan fingerprint density at radius 2 is 1.89 bits per heavy atom. The second-order valence-corrected chi connectivity index (χ2v) is 3.94. The van der Waals surface area contributed by atoms with E-state index in [2.05, 4.69) is 25.3 Å². The first-order valence-electron chi connectivity index (χ1n) is 4.97. The highest BCUT2D eigenvalue weighted by Crippen LogP contribution is 2.11. The van der Waals surface area contributed by atoms with Crippen LogP contribution in [-0.2, 0) is 6.54 Å². The summed E-state index contributed by atoms with van der Waals surface area (Å²) in [6.45, 7) is 0.494. The molecular weight excluding hydrogens is 277 g/mol. The maximum absolute atomic E-state index is 5.66. The Labute approximate surface area is 113 Å². The summed E-state index contributed by atoms with van der Waals surface area (Å²) in [6.07, 6.45) is 1.69. The van der Waals surface area contributed by atoms with Gasteiger partial charge in [0, 0.05) is 18.8 Å². The molecule has 0 bridgehead atoms. The van der Waals surface area contributed by atoms with E-state index in [1.54, 1.807) is 19.4 Å². The van der Waals surface area contributed by atoms with Crippen molar-refractivity contribution >= 4 is 29.2 Å². The number of ether oxygens (including phenoxy) is 1. The van der Waals surface area contributed by atoms with Crippen molar-refractivity contribution in [3.8, 4) is 5.88 Å². The van der Waals surface area contributed by atoms with Gasteiger partial charge in [0.15, 0.2) is 0 Å². The summed E-state index contributed by atoms with van der Waals surface area (Å²) >= 11 is 11.3. The number of nitrogens with zero attached hydrogens (tertiary/aromatic N) is 4. The number of hydrogen-bond acceptors (Lipinski definition) is 6. The average molecular weight is 286 g/mol. The summed E-state index contributed by atoms with van der Waals surface area (Å²) in [7, 11) is 1.56. The van der Waals surface area contributed by atoms with Crippen LogP contribution in [0.1, 0.15) is 5.56 Å². The highest BCUT2D eigenvalue weighted by atomic mass is 35.5. The summed E-state index contributed by atoms with van der Waals surface area (Å²) in [5.41, 5.74) is 0.948. The largest absolute Gasteiger partial charge is 0.481 e. The number of anilines is 1. The summed E-state index contributed by atoms with van der Waals surface area (Å²) < 4.78 is 4.96. The van der Waals surface area contributed by atoms with Gasteiger partial charge in [0.1, 0.15) is 0 Å². The molecule has 2 rings (SSSR count). The van der Waals surface area contributed by atoms with Gasteiger partial charge in [-0.1, -0.05) is 6.07 Å². The minimum absolute atomic E-state index is 0.0466. The van der Waals surface area contributed by atoms with Crippen molar-refractivity contribution in [1.29, 1.82) is 0 Å². The smallest absolute Gasteiger partial charge is 0.228 e. The standard InChI is InChI=1S/C10H9Cl2N5O/c1-18-7-3-2-6(4-13-7)5-14-10-16-8(11)15-9(12)17-10/h2-4H,5H2,1H3,(H,14,15,16,17). The van der Waals surface area contributed by atoms with Gasteiger partial charge in [-0.05, 0) is 28.8 Å². The van der Waals surface area contributed by atoms with Gasteiger partial charge in [0.2, 0.25) is 22.4 Å². The number of pyridine rings is 1. The summed E-state index contributed by atoms with van der Waals surface area (Å²) in [5, 5.41) is 3.06. The monoisotopic (exact) mass is 285 g/mol. The molecule has 0 saturated heterocycles. The van der Waals surface area contributed by atoms with Crippen molar-refractivity contribution in [2.24, 2.45) is 0 Å². The van der Waals surface area contributed by atoms with Crippen molar-refractivity contribution in [3.63, 3.8) is 0 Å². The van der Waals surface area contributed by atoms with Crippen molar-refractivity contribution < 1.29 is 4.74 Å². The third kappa shape index (κ3) is 3.41. The zero-order valence-corrected chi connectivity index (χ0v) is 10.9. The van der Waals surface area contributed by atoms with Crippen LogP contribution in [-0.4, -0.2) is 27.0 Å². The van der Waals surface area contributed by atoms with Gasteiger partial charge in [-0.25, -0.2) is 4.98 Å². The maximum Gasteiger partial charge on any atom is 0.228 e. The molecule has 18 heavy (non-hydrogen) atoms. The van der Waals surface area contributed by atoms with Crippen LogP contribution in [0.5, 0.6) is 5.88 Å². The van der Waals surface area contributed by atoms with Crippen LogP contribution in [0.2, 0.25) is 10.6 Å². The molecule has 0 fully saturated rings. The SMILES string of the molecule is COc1ccc(CNc2nc(Cl)nc(Cl)n2)cn1. The van der Waals surface area contributed by atoms with Gasteiger partial charge in [-0.3, -0.25) is 0 Å². The average Bonchev–Trinajstić information content (AvgIpc) is 2.36. The first kappa shape index (κ1) is 12.8. The quantitative estimate of drug-likeness (QED) is 0.928. The lowest BCUT2D eigenvalue weighted by molar-refractivity contribution is 0.397. The summed E-state index contributed by atoms with van der Waals surface area (Å²) in [5.74, 6) is 0.876. The Hall–Kier alpha value is -1.66. The third-order valence-corrected chi connectivity index (χ3v) is 2.38. The van der Waals surface area contributed by atoms with E-state index in [-0.39, 0.29) is 10.6 Å². The topological polar surface area (TPSA) is 72.8 Å². The molecule has 8 heteroatoms. The molecule has 0 amide bonds. The van der Waals surface area contributed by atoms with E-state index in [1.165, 1.54) is 0 Å². The zero-order chi connectivity index (χ0) is 13.0. The second-order valence-electron chi connectivity index (χ2n) is 3.26. The van der Waals surface area contributed by atoms with Crippen molar-refractivity contribution in [2.75, 3.05) is 12.4 Å². The molecule has 6 nitrogen and oxygen atoms in total. The Kier molecular flexibility index (Phi) is 4.11. The lowest BCUT2D eigenvalue weighted by Gasteiger charge is -2.05. The van der Waals surface area contributed by atoms with Crippen LogP contribution in [0, 0.1) is 0 Å². The van der Waals surface area contributed by atoms with Crippen LogP contribution in [0.15, 0.2) is 18.3 Å². The molecule has 1 N–H and O–H groups in total. The maximum atomic E-state index is 5.66. The molecule has 0 unspecified atom stereocenters. The third-order valence-electron chi connectivity index (χ3n) is 2.04. The fourth-order valence-electron chi connectivity index (χ4n) is 1.22. The normalized spacial score (nSPS) is 10.2. The highest BCUT2D eigenvalue weighted by Gasteiger charge is 2.03. The lowest BCUT2D eigenvalue weighted by Crippen LogP contribution is -2.05. The molecule has 0 aliphatic carbocycles. The highest BCUT2D eigenvalue weighted by molar-refractivity contribution is 6.31. The second kappa shape index (κ2) is 5.79. The van der Waals surface area contributed by atoms with Crippen molar-refractivity contribution in [3.05, 3.63) is 34.5 Å². The van der Waals surface area contributed by atoms with Crippen LogP contribution in [0.4, 0.5) is 5.95 Å². The van der Waals surface area contributed by atoms with E-state index in [4.69, 9.17) is 27.9 Å². The Morgan fingerprint density at radius 3 is 2.44 bits per heavy atom. The number of aromatic nitrogens is 4. The molecule has 0 radical (unpaired) electrons. The van der Waals surface area contributed by atoms with Crippen LogP contribution >= 0.6 is 23.2 Å². The van der Waals surface area contributed by atoms with Gasteiger partial charge >= 0.3 is 0 Å². The molecule has 0 aromatic carbocycles. The Bertz CT molecular complexity index is 514. The molecule has 2 aromatic rings. The molecule has 2 heterocycles. The molecule has 0 atom stereocenters. The van der Waals surface area contributed by atoms with E-state index in [0.29, 0.717) is 18.4 Å². The van der Waals surface area contributed by atoms with Crippen LogP contribution in [0.25, 0.3) is 0 Å². The van der Waals surface area contributed by atoms with Crippen LogP contribution < -0.4 is 10.1 Å². The van der Waals surface area contributed by atoms with E-state index in [0.717, 1.165) is 5.56 Å². The lowest BCUT2D eigenvalue weighted by atomic mass is 10.3. The minimum atomic E-state index is 0.0466. The number of rotatable bonds is 4. The molecule has 0 saturated carbocycles. The van der Waals surface area contributed by atoms with Crippen molar-refractivity contribution in [2.45, 2.75) is 6.54 Å². The predicted molar refractivity (Wildman–Crippen MR) is 68.0 cm³/mol. The number of methoxy groups -OCH3 is 1. The Morgan fingerprint density at radius 1 is 1.17 bits per heavy atom. The number of hydrogen-bond donors (Lipinski definition) is 1. The first-order valence-corrected chi connectivity index (χ1v) is 5.73. The Balaban J connectivity index is 2.01. The van der Waals surface area contributed by atoms with E-state index >= 15 is 0 Å². The van der Waals surface area contributed by atoms with Crippen LogP contribution in [0.3, 0.4) is 0 Å². The molecule has 0 spiro atoms. The van der Waals surface area contributed by atoms with E-state index in [1.807, 2.05) is 6.07 Å². The van der Waals surface area contributed by atoms with Gasteiger partial charge < -0.3 is 10.1 Å². The molecular formula is C10H9Cl2N5O. The summed E-state index contributed by atoms with van der Waals surface area (Å²) in [4.78, 5) is 15.5. The molecule has 94 valence electrons. The fraction of sp³-hybridized carbons (Fsp3) is 0.200. The van der Waals surface area contributed by atoms with E-state index in [9.17, 15) is 0 Å². The van der Waals surface area contributed by atoms with Gasteiger partial charge in [0.25, 0.3) is 0 Å². The van der Waals surface area contributed by atoms with Gasteiger partial charge in [-0.2, -0.15) is 15.0 Å². The molecule has 0 aliphatic heterocycles. The molecule has 2 aromatic heterocycles. The first-order chi connectivity index (χ1) is 8.67. The van der Waals surface area contributed by atoms with Gasteiger partial charge in [0.05, 0.1) is 7.11 Å². The predicted octanol–water partition coefficient (Wildman–Crippen LogP) is 2.19. The number of nitrogens with one attached hydrogen (secondary N) is 1. The zero-order valence-electron chi connectivity index (χ0n) is 9.39. The van der Waals surface area contributed by atoms with E-state index < -0.39 is 0 Å². The minimum Gasteiger partial charge on any atom is -0.481 e.